The van der Waals surface area contributed by atoms with E-state index in [4.69, 9.17) is 5.73 Å². The highest BCUT2D eigenvalue weighted by Crippen LogP contribution is 2.43. The molecule has 1 atom stereocenters. The predicted molar refractivity (Wildman–Crippen MR) is 128 cm³/mol. The quantitative estimate of drug-likeness (QED) is 0.431. The second kappa shape index (κ2) is 7.99. The molecular formula is C26H18N6S. The molecular weight excluding hydrogens is 428 g/mol. The van der Waals surface area contributed by atoms with E-state index in [1.165, 1.54) is 0 Å². The van der Waals surface area contributed by atoms with Crippen molar-refractivity contribution in [2.24, 2.45) is 12.8 Å². The number of imidazole rings is 1. The molecule has 3 aromatic heterocycles. The summed E-state index contributed by atoms with van der Waals surface area (Å²) in [6, 6.07) is 21.5. The second-order valence-corrected chi connectivity index (χ2v) is 8.87. The third-order valence-corrected chi connectivity index (χ3v) is 7.04. The molecule has 0 aliphatic carbocycles. The normalized spacial score (nSPS) is 12.7. The van der Waals surface area contributed by atoms with Crippen LogP contribution in [0, 0.1) is 22.7 Å². The van der Waals surface area contributed by atoms with Gasteiger partial charge in [0.1, 0.15) is 5.54 Å². The van der Waals surface area contributed by atoms with Crippen LogP contribution in [-0.4, -0.2) is 14.5 Å². The van der Waals surface area contributed by atoms with E-state index in [1.807, 2.05) is 48.0 Å². The maximum absolute atomic E-state index is 9.63. The Balaban J connectivity index is 1.80. The third-order valence-electron chi connectivity index (χ3n) is 5.82. The van der Waals surface area contributed by atoms with Crippen LogP contribution >= 0.6 is 11.3 Å². The van der Waals surface area contributed by atoms with Crippen LogP contribution in [0.3, 0.4) is 0 Å². The third kappa shape index (κ3) is 3.37. The van der Waals surface area contributed by atoms with Crippen molar-refractivity contribution < 1.29 is 0 Å². The maximum atomic E-state index is 9.63. The van der Waals surface area contributed by atoms with E-state index in [2.05, 4.69) is 28.2 Å². The predicted octanol–water partition coefficient (Wildman–Crippen LogP) is 4.69. The molecule has 6 nitrogen and oxygen atoms in total. The van der Waals surface area contributed by atoms with Crippen molar-refractivity contribution >= 4 is 21.4 Å². The first-order valence-corrected chi connectivity index (χ1v) is 11.0. The summed E-state index contributed by atoms with van der Waals surface area (Å²) in [6.07, 6.45) is 7.02. The first-order valence-electron chi connectivity index (χ1n) is 10.2. The fourth-order valence-corrected chi connectivity index (χ4v) is 5.38. The van der Waals surface area contributed by atoms with Gasteiger partial charge in [0.25, 0.3) is 0 Å². The average molecular weight is 447 g/mol. The number of benzene rings is 2. The van der Waals surface area contributed by atoms with Gasteiger partial charge in [0.2, 0.25) is 0 Å². The Morgan fingerprint density at radius 2 is 1.76 bits per heavy atom. The lowest BCUT2D eigenvalue weighted by Gasteiger charge is -2.29. The lowest BCUT2D eigenvalue weighted by Crippen LogP contribution is -2.40. The van der Waals surface area contributed by atoms with Gasteiger partial charge in [-0.1, -0.05) is 18.2 Å². The minimum atomic E-state index is -0.998. The number of thiophene rings is 1. The number of pyridine rings is 1. The van der Waals surface area contributed by atoms with Crippen LogP contribution in [0.1, 0.15) is 27.3 Å². The highest BCUT2D eigenvalue weighted by molar-refractivity contribution is 7.19. The van der Waals surface area contributed by atoms with Gasteiger partial charge in [-0.3, -0.25) is 4.98 Å². The molecule has 1 unspecified atom stereocenters. The largest absolute Gasteiger partial charge is 0.335 e. The summed E-state index contributed by atoms with van der Waals surface area (Å²) < 4.78 is 2.87. The molecule has 0 bridgehead atoms. The minimum absolute atomic E-state index is 0.569. The molecule has 7 heteroatoms. The van der Waals surface area contributed by atoms with Gasteiger partial charge in [-0.25, -0.2) is 4.98 Å². The molecule has 2 aromatic carbocycles. The summed E-state index contributed by atoms with van der Waals surface area (Å²) in [7, 11) is 1.91. The fraction of sp³-hybridized carbons (Fsp3) is 0.0769. The van der Waals surface area contributed by atoms with E-state index in [-0.39, 0.29) is 0 Å². The van der Waals surface area contributed by atoms with Crippen molar-refractivity contribution in [2.45, 2.75) is 5.54 Å². The molecule has 0 aliphatic heterocycles. The molecule has 0 amide bonds. The van der Waals surface area contributed by atoms with Crippen molar-refractivity contribution in [2.75, 3.05) is 0 Å². The zero-order chi connectivity index (χ0) is 23.0. The van der Waals surface area contributed by atoms with Crippen LogP contribution < -0.4 is 5.73 Å². The summed E-state index contributed by atoms with van der Waals surface area (Å²) in [5.41, 5.74) is 10.9. The highest BCUT2D eigenvalue weighted by Gasteiger charge is 2.36. The number of fused-ring (bicyclic) bond motifs is 1. The molecule has 33 heavy (non-hydrogen) atoms. The zero-order valence-electron chi connectivity index (χ0n) is 17.7. The number of hydrogen-bond acceptors (Lipinski definition) is 6. The Kier molecular flexibility index (Phi) is 4.99. The lowest BCUT2D eigenvalue weighted by atomic mass is 9.85. The second-order valence-electron chi connectivity index (χ2n) is 7.79. The van der Waals surface area contributed by atoms with Gasteiger partial charge in [0.15, 0.2) is 0 Å². The molecule has 2 N–H and O–H groups in total. The van der Waals surface area contributed by atoms with Crippen molar-refractivity contribution in [1.82, 2.24) is 14.5 Å². The molecule has 158 valence electrons. The van der Waals surface area contributed by atoms with Gasteiger partial charge in [-0.05, 0) is 47.5 Å². The maximum Gasteiger partial charge on any atom is 0.118 e. The number of nitrogens with two attached hydrogens (primary N) is 1. The van der Waals surface area contributed by atoms with Crippen LogP contribution in [-0.2, 0) is 12.6 Å². The molecule has 0 saturated carbocycles. The van der Waals surface area contributed by atoms with Crippen LogP contribution in [0.4, 0.5) is 0 Å². The van der Waals surface area contributed by atoms with Crippen molar-refractivity contribution in [3.05, 3.63) is 107 Å². The van der Waals surface area contributed by atoms with Gasteiger partial charge in [-0.2, -0.15) is 10.5 Å². The van der Waals surface area contributed by atoms with E-state index in [0.717, 1.165) is 37.3 Å². The topological polar surface area (TPSA) is 104 Å². The smallest absolute Gasteiger partial charge is 0.118 e. The van der Waals surface area contributed by atoms with E-state index >= 15 is 0 Å². The van der Waals surface area contributed by atoms with E-state index < -0.39 is 5.54 Å². The molecule has 5 rings (SSSR count). The molecule has 5 aromatic rings. The summed E-state index contributed by atoms with van der Waals surface area (Å²) in [4.78, 5) is 9.46. The standard InChI is InChI=1S/C26H18N6S/c1-32-16-31-15-24(32)26(29,20-6-4-17(12-27)5-7-20)25-11-22-21(19-3-2-8-30-14-19)9-18(13-28)10-23(22)33-25/h2-11,14-16H,29H2,1H3. The number of aromatic nitrogens is 3. The number of aryl methyl sites for hydroxylation is 1. The summed E-state index contributed by atoms with van der Waals surface area (Å²) >= 11 is 1.55. The van der Waals surface area contributed by atoms with Crippen LogP contribution in [0.5, 0.6) is 0 Å². The van der Waals surface area contributed by atoms with Gasteiger partial charge < -0.3 is 10.3 Å². The summed E-state index contributed by atoms with van der Waals surface area (Å²) in [5.74, 6) is 0. The fourth-order valence-electron chi connectivity index (χ4n) is 4.12. The van der Waals surface area contributed by atoms with Gasteiger partial charge >= 0.3 is 0 Å². The summed E-state index contributed by atoms with van der Waals surface area (Å²) in [5, 5.41) is 19.9. The van der Waals surface area contributed by atoms with Crippen molar-refractivity contribution in [3.63, 3.8) is 0 Å². The molecule has 3 heterocycles. The minimum Gasteiger partial charge on any atom is -0.335 e. The lowest BCUT2D eigenvalue weighted by molar-refractivity contribution is 0.607. The number of nitriles is 2. The van der Waals surface area contributed by atoms with Crippen LogP contribution in [0.2, 0.25) is 0 Å². The summed E-state index contributed by atoms with van der Waals surface area (Å²) in [6.45, 7) is 0. The zero-order valence-corrected chi connectivity index (χ0v) is 18.5. The average Bonchev–Trinajstić information content (AvgIpc) is 3.50. The van der Waals surface area contributed by atoms with Crippen LogP contribution in [0.15, 0.2) is 79.5 Å². The SMILES string of the molecule is Cn1cncc1C(N)(c1ccc(C#N)cc1)c1cc2c(-c3cccnc3)cc(C#N)cc2s1. The van der Waals surface area contributed by atoms with E-state index in [1.54, 1.807) is 48.4 Å². The molecule has 0 radical (unpaired) electrons. The first kappa shape index (κ1) is 20.6. The Hall–Kier alpha value is -4.30. The van der Waals surface area contributed by atoms with Crippen LogP contribution in [0.25, 0.3) is 21.2 Å². The molecule has 0 aliphatic rings. The van der Waals surface area contributed by atoms with E-state index in [9.17, 15) is 10.5 Å². The highest BCUT2D eigenvalue weighted by atomic mass is 32.1. The van der Waals surface area contributed by atoms with E-state index in [0.29, 0.717) is 11.1 Å². The Labute approximate surface area is 194 Å². The Morgan fingerprint density at radius 3 is 2.39 bits per heavy atom. The Bertz CT molecular complexity index is 1550. The van der Waals surface area contributed by atoms with Crippen molar-refractivity contribution in [3.8, 4) is 23.3 Å². The molecule has 0 fully saturated rings. The number of nitrogens with zero attached hydrogens (tertiary/aromatic N) is 5. The Morgan fingerprint density at radius 1 is 0.970 bits per heavy atom. The monoisotopic (exact) mass is 446 g/mol. The molecule has 0 spiro atoms. The number of rotatable bonds is 4. The molecule has 0 saturated heterocycles. The van der Waals surface area contributed by atoms with Gasteiger partial charge in [0, 0.05) is 40.0 Å². The van der Waals surface area contributed by atoms with Crippen molar-refractivity contribution in [1.29, 1.82) is 10.5 Å². The van der Waals surface area contributed by atoms with Gasteiger partial charge in [0.05, 0.1) is 41.5 Å². The number of hydrogen-bond donors (Lipinski definition) is 1. The van der Waals surface area contributed by atoms with Gasteiger partial charge in [-0.15, -0.1) is 11.3 Å². The first-order chi connectivity index (χ1) is 16.0.